The molecule has 0 radical (unpaired) electrons. The van der Waals surface area contributed by atoms with Crippen LogP contribution in [0.5, 0.6) is 11.5 Å². The lowest BCUT2D eigenvalue weighted by atomic mass is 10.2. The molecule has 0 aliphatic rings. The van der Waals surface area contributed by atoms with Gasteiger partial charge in [-0.1, -0.05) is 12.1 Å². The molecule has 0 aliphatic carbocycles. The molecule has 0 atom stereocenters. The van der Waals surface area contributed by atoms with Crippen molar-refractivity contribution in [3.05, 3.63) is 63.7 Å². The number of rotatable bonds is 8. The second-order valence-corrected chi connectivity index (χ2v) is 5.88. The highest BCUT2D eigenvalue weighted by atomic mass is 16.6. The lowest BCUT2D eigenvalue weighted by Gasteiger charge is -2.12. The number of ether oxygens (including phenoxy) is 3. The number of nitro benzene ring substituents is 1. The van der Waals surface area contributed by atoms with Gasteiger partial charge in [-0.15, -0.1) is 0 Å². The summed E-state index contributed by atoms with van der Waals surface area (Å²) < 4.78 is 15.2. The monoisotopic (exact) mass is 400 g/mol. The van der Waals surface area contributed by atoms with Gasteiger partial charge >= 0.3 is 5.97 Å². The first kappa shape index (κ1) is 21.4. The highest BCUT2D eigenvalue weighted by Crippen LogP contribution is 2.29. The maximum absolute atomic E-state index is 12.2. The molecular weight excluding hydrogens is 380 g/mol. The topological polar surface area (TPSA) is 117 Å². The van der Waals surface area contributed by atoms with Gasteiger partial charge in [-0.2, -0.15) is 0 Å². The van der Waals surface area contributed by atoms with Crippen molar-refractivity contribution in [2.24, 2.45) is 0 Å². The molecule has 9 nitrogen and oxygen atoms in total. The van der Waals surface area contributed by atoms with Crippen molar-refractivity contribution in [3.63, 3.8) is 0 Å². The van der Waals surface area contributed by atoms with E-state index in [-0.39, 0.29) is 18.0 Å². The summed E-state index contributed by atoms with van der Waals surface area (Å²) in [5, 5.41) is 13.6. The van der Waals surface area contributed by atoms with Crippen molar-refractivity contribution in [1.82, 2.24) is 0 Å². The first-order chi connectivity index (χ1) is 13.8. The molecule has 9 heteroatoms. The van der Waals surface area contributed by atoms with E-state index in [1.807, 2.05) is 0 Å². The number of amides is 1. The van der Waals surface area contributed by atoms with Gasteiger partial charge in [0.2, 0.25) is 0 Å². The fraction of sp³-hybridized carbons (Fsp3) is 0.200. The fourth-order valence-electron chi connectivity index (χ4n) is 2.37. The maximum Gasteiger partial charge on any atom is 0.330 e. The van der Waals surface area contributed by atoms with E-state index in [0.717, 1.165) is 0 Å². The van der Waals surface area contributed by atoms with Crippen LogP contribution in [0.25, 0.3) is 6.08 Å². The number of methoxy groups -OCH3 is 2. The zero-order chi connectivity index (χ0) is 21.4. The van der Waals surface area contributed by atoms with Crippen LogP contribution in [-0.4, -0.2) is 37.6 Å². The van der Waals surface area contributed by atoms with E-state index < -0.39 is 16.8 Å². The predicted molar refractivity (Wildman–Crippen MR) is 106 cm³/mol. The summed E-state index contributed by atoms with van der Waals surface area (Å²) in [6.07, 6.45) is 2.80. The summed E-state index contributed by atoms with van der Waals surface area (Å²) in [6.45, 7) is 1.34. The summed E-state index contributed by atoms with van der Waals surface area (Å²) >= 11 is 0. The lowest BCUT2D eigenvalue weighted by Crippen LogP contribution is -2.21. The third-order valence-electron chi connectivity index (χ3n) is 3.78. The normalized spacial score (nSPS) is 10.4. The Bertz CT molecular complexity index is 954. The SMILES string of the molecule is COC(=O)/C=C/c1ccc(OCC(=O)Nc2ccc(C)cc2[N+](=O)[O-])c(OC)c1. The van der Waals surface area contributed by atoms with Crippen LogP contribution < -0.4 is 14.8 Å². The second kappa shape index (κ2) is 9.88. The third kappa shape index (κ3) is 6.06. The summed E-state index contributed by atoms with van der Waals surface area (Å²) in [7, 11) is 2.71. The average Bonchev–Trinajstić information content (AvgIpc) is 2.71. The maximum atomic E-state index is 12.2. The van der Waals surface area contributed by atoms with Gasteiger partial charge in [-0.3, -0.25) is 14.9 Å². The van der Waals surface area contributed by atoms with Crippen LogP contribution in [0.3, 0.4) is 0 Å². The van der Waals surface area contributed by atoms with Crippen LogP contribution in [0, 0.1) is 17.0 Å². The van der Waals surface area contributed by atoms with Gasteiger partial charge in [0.15, 0.2) is 18.1 Å². The molecule has 0 saturated carbocycles. The van der Waals surface area contributed by atoms with Crippen molar-refractivity contribution in [1.29, 1.82) is 0 Å². The molecule has 2 aromatic rings. The summed E-state index contributed by atoms with van der Waals surface area (Å²) in [5.41, 5.74) is 1.26. The molecule has 1 N–H and O–H groups in total. The van der Waals surface area contributed by atoms with E-state index in [9.17, 15) is 19.7 Å². The minimum atomic E-state index is -0.562. The summed E-state index contributed by atoms with van der Waals surface area (Å²) in [4.78, 5) is 33.9. The number of nitrogens with zero attached hydrogens (tertiary/aromatic N) is 1. The molecule has 29 heavy (non-hydrogen) atoms. The molecule has 0 bridgehead atoms. The molecular formula is C20H20N2O7. The zero-order valence-corrected chi connectivity index (χ0v) is 16.1. The average molecular weight is 400 g/mol. The number of nitro groups is 1. The van der Waals surface area contributed by atoms with Crippen molar-refractivity contribution in [3.8, 4) is 11.5 Å². The Morgan fingerprint density at radius 2 is 1.90 bits per heavy atom. The van der Waals surface area contributed by atoms with Gasteiger partial charge in [-0.25, -0.2) is 4.79 Å². The highest BCUT2D eigenvalue weighted by molar-refractivity contribution is 5.94. The third-order valence-corrected chi connectivity index (χ3v) is 3.78. The number of anilines is 1. The predicted octanol–water partition coefficient (Wildman–Crippen LogP) is 3.12. The number of carbonyl (C=O) groups excluding carboxylic acids is 2. The number of benzene rings is 2. The zero-order valence-electron chi connectivity index (χ0n) is 16.1. The number of hydrogen-bond donors (Lipinski definition) is 1. The Labute approximate surface area is 167 Å². The molecule has 0 aliphatic heterocycles. The van der Waals surface area contributed by atoms with Gasteiger partial charge in [0, 0.05) is 12.1 Å². The first-order valence-electron chi connectivity index (χ1n) is 8.45. The molecule has 152 valence electrons. The molecule has 0 heterocycles. The lowest BCUT2D eigenvalue weighted by molar-refractivity contribution is -0.384. The Morgan fingerprint density at radius 1 is 1.14 bits per heavy atom. The van der Waals surface area contributed by atoms with Crippen molar-refractivity contribution >= 4 is 29.3 Å². The highest BCUT2D eigenvalue weighted by Gasteiger charge is 2.16. The molecule has 0 spiro atoms. The van der Waals surface area contributed by atoms with E-state index >= 15 is 0 Å². The number of carbonyl (C=O) groups is 2. The number of esters is 1. The Morgan fingerprint density at radius 3 is 2.55 bits per heavy atom. The Hall–Kier alpha value is -3.88. The van der Waals surface area contributed by atoms with E-state index in [2.05, 4.69) is 10.1 Å². The smallest absolute Gasteiger partial charge is 0.330 e. The molecule has 2 aromatic carbocycles. The van der Waals surface area contributed by atoms with Gasteiger partial charge in [0.1, 0.15) is 5.69 Å². The summed E-state index contributed by atoms with van der Waals surface area (Å²) in [6, 6.07) is 9.37. The van der Waals surface area contributed by atoms with E-state index in [1.54, 1.807) is 37.3 Å². The van der Waals surface area contributed by atoms with Crippen LogP contribution >= 0.6 is 0 Å². The van der Waals surface area contributed by atoms with Crippen LogP contribution in [0.1, 0.15) is 11.1 Å². The van der Waals surface area contributed by atoms with Crippen LogP contribution in [0.4, 0.5) is 11.4 Å². The number of hydrogen-bond acceptors (Lipinski definition) is 7. The Kier molecular flexibility index (Phi) is 7.30. The molecule has 2 rings (SSSR count). The number of aryl methyl sites for hydroxylation is 1. The second-order valence-electron chi connectivity index (χ2n) is 5.88. The minimum absolute atomic E-state index is 0.0875. The van der Waals surface area contributed by atoms with Crippen LogP contribution in [0.2, 0.25) is 0 Å². The van der Waals surface area contributed by atoms with Crippen LogP contribution in [-0.2, 0) is 14.3 Å². The molecule has 0 aromatic heterocycles. The summed E-state index contributed by atoms with van der Waals surface area (Å²) in [5.74, 6) is -0.401. The van der Waals surface area contributed by atoms with E-state index in [1.165, 1.54) is 32.4 Å². The van der Waals surface area contributed by atoms with Crippen LogP contribution in [0.15, 0.2) is 42.5 Å². The molecule has 0 saturated heterocycles. The van der Waals surface area contributed by atoms with Gasteiger partial charge in [-0.05, 0) is 42.3 Å². The number of nitrogens with one attached hydrogen (secondary N) is 1. The van der Waals surface area contributed by atoms with Crippen molar-refractivity contribution in [2.45, 2.75) is 6.92 Å². The molecule has 0 fully saturated rings. The largest absolute Gasteiger partial charge is 0.493 e. The Balaban J connectivity index is 2.06. The van der Waals surface area contributed by atoms with Gasteiger partial charge < -0.3 is 19.5 Å². The molecule has 1 amide bonds. The first-order valence-corrected chi connectivity index (χ1v) is 8.45. The van der Waals surface area contributed by atoms with Crippen molar-refractivity contribution in [2.75, 3.05) is 26.1 Å². The quantitative estimate of drug-likeness (QED) is 0.313. The van der Waals surface area contributed by atoms with E-state index in [0.29, 0.717) is 22.6 Å². The molecule has 0 unspecified atom stereocenters. The van der Waals surface area contributed by atoms with Gasteiger partial charge in [0.25, 0.3) is 11.6 Å². The van der Waals surface area contributed by atoms with Crippen molar-refractivity contribution < 1.29 is 28.7 Å². The van der Waals surface area contributed by atoms with E-state index in [4.69, 9.17) is 9.47 Å². The minimum Gasteiger partial charge on any atom is -0.493 e. The van der Waals surface area contributed by atoms with Gasteiger partial charge in [0.05, 0.1) is 19.1 Å². The fourth-order valence-corrected chi connectivity index (χ4v) is 2.37. The standard InChI is InChI=1S/C20H20N2O7/c1-13-4-7-15(16(10-13)22(25)26)21-19(23)12-29-17-8-5-14(11-18(17)27-2)6-9-20(24)28-3/h4-11H,12H2,1-3H3,(H,21,23)/b9-6+.